The standard InChI is InChI=1S/C23H18FN3O3/c1-3-25-19(28)10-16-17-9-14(8-13-4-6-15(24)7-5-13)11-26-21(17)22(29)20-18(16)12-27(2)23(20)30/h1,4-7,9,11-12,29-30H,8,10H2,2H3,(H,25,28). The van der Waals surface area contributed by atoms with E-state index in [0.717, 1.165) is 11.1 Å². The van der Waals surface area contributed by atoms with E-state index in [0.29, 0.717) is 22.8 Å². The maximum Gasteiger partial charge on any atom is 0.235 e. The van der Waals surface area contributed by atoms with Crippen molar-refractivity contribution in [2.24, 2.45) is 7.05 Å². The van der Waals surface area contributed by atoms with Crippen molar-refractivity contribution in [3.8, 4) is 24.1 Å². The van der Waals surface area contributed by atoms with E-state index in [9.17, 15) is 19.4 Å². The van der Waals surface area contributed by atoms with Crippen molar-refractivity contribution in [1.82, 2.24) is 14.9 Å². The second-order valence-electron chi connectivity index (χ2n) is 7.09. The maximum absolute atomic E-state index is 13.2. The molecular weight excluding hydrogens is 385 g/mol. The lowest BCUT2D eigenvalue weighted by Gasteiger charge is -2.12. The van der Waals surface area contributed by atoms with Crippen molar-refractivity contribution in [2.45, 2.75) is 12.8 Å². The van der Waals surface area contributed by atoms with E-state index in [1.54, 1.807) is 31.6 Å². The third kappa shape index (κ3) is 3.29. The molecule has 6 nitrogen and oxygen atoms in total. The van der Waals surface area contributed by atoms with E-state index < -0.39 is 5.91 Å². The number of pyridine rings is 1. The van der Waals surface area contributed by atoms with Crippen LogP contribution in [0.4, 0.5) is 4.39 Å². The zero-order valence-electron chi connectivity index (χ0n) is 16.1. The summed E-state index contributed by atoms with van der Waals surface area (Å²) in [6.45, 7) is 0. The van der Waals surface area contributed by atoms with Crippen molar-refractivity contribution in [1.29, 1.82) is 0 Å². The van der Waals surface area contributed by atoms with Gasteiger partial charge in [-0.3, -0.25) is 15.1 Å². The number of halogens is 1. The number of carbonyl (C=O) groups excluding carboxylic acids is 1. The summed E-state index contributed by atoms with van der Waals surface area (Å²) in [5.74, 6) is -0.987. The number of hydrogen-bond acceptors (Lipinski definition) is 4. The predicted octanol–water partition coefficient (Wildman–Crippen LogP) is 3.12. The molecule has 0 spiro atoms. The van der Waals surface area contributed by atoms with Crippen LogP contribution in [0.15, 0.2) is 42.7 Å². The van der Waals surface area contributed by atoms with Crippen LogP contribution in [-0.4, -0.2) is 25.7 Å². The lowest BCUT2D eigenvalue weighted by atomic mass is 9.96. The Bertz CT molecular complexity index is 1330. The molecule has 3 N–H and O–H groups in total. The van der Waals surface area contributed by atoms with E-state index >= 15 is 0 Å². The van der Waals surface area contributed by atoms with E-state index in [4.69, 9.17) is 6.42 Å². The summed E-state index contributed by atoms with van der Waals surface area (Å²) in [5.41, 5.74) is 2.59. The molecule has 0 saturated carbocycles. The molecule has 2 aromatic carbocycles. The number of nitrogens with one attached hydrogen (secondary N) is 1. The van der Waals surface area contributed by atoms with Crippen LogP contribution in [0.1, 0.15) is 16.7 Å². The number of aromatic hydroxyl groups is 2. The van der Waals surface area contributed by atoms with E-state index in [2.05, 4.69) is 16.3 Å². The Hall–Kier alpha value is -4.05. The third-order valence-electron chi connectivity index (χ3n) is 5.08. The molecule has 0 bridgehead atoms. The van der Waals surface area contributed by atoms with Crippen molar-refractivity contribution in [2.75, 3.05) is 0 Å². The second kappa shape index (κ2) is 7.41. The van der Waals surface area contributed by atoms with Crippen molar-refractivity contribution >= 4 is 27.6 Å². The average Bonchev–Trinajstić information content (AvgIpc) is 3.02. The largest absolute Gasteiger partial charge is 0.505 e. The van der Waals surface area contributed by atoms with Crippen molar-refractivity contribution in [3.63, 3.8) is 0 Å². The Morgan fingerprint density at radius 1 is 1.23 bits per heavy atom. The molecule has 2 aromatic heterocycles. The van der Waals surface area contributed by atoms with Crippen LogP contribution in [0.5, 0.6) is 11.6 Å². The molecule has 150 valence electrons. The number of terminal acetylenes is 1. The van der Waals surface area contributed by atoms with Gasteiger partial charge in [0, 0.05) is 36.3 Å². The van der Waals surface area contributed by atoms with Crippen LogP contribution in [-0.2, 0) is 24.7 Å². The molecule has 0 unspecified atom stereocenters. The minimum Gasteiger partial charge on any atom is -0.505 e. The number of hydrogen-bond donors (Lipinski definition) is 3. The highest BCUT2D eigenvalue weighted by atomic mass is 19.1. The molecule has 0 aliphatic heterocycles. The number of rotatable bonds is 4. The quantitative estimate of drug-likeness (QED) is 0.361. The molecule has 30 heavy (non-hydrogen) atoms. The molecule has 0 saturated heterocycles. The number of phenols is 1. The number of amides is 1. The van der Waals surface area contributed by atoms with Gasteiger partial charge in [0.1, 0.15) is 11.3 Å². The Labute approximate surface area is 171 Å². The van der Waals surface area contributed by atoms with Crippen LogP contribution in [0.25, 0.3) is 21.7 Å². The number of aryl methyl sites for hydroxylation is 1. The second-order valence-corrected chi connectivity index (χ2v) is 7.09. The van der Waals surface area contributed by atoms with Gasteiger partial charge in [0.15, 0.2) is 5.75 Å². The fourth-order valence-corrected chi connectivity index (χ4v) is 3.68. The van der Waals surface area contributed by atoms with Gasteiger partial charge in [-0.1, -0.05) is 18.6 Å². The average molecular weight is 403 g/mol. The summed E-state index contributed by atoms with van der Waals surface area (Å²) in [4.78, 5) is 16.6. The Balaban J connectivity index is 1.92. The highest BCUT2D eigenvalue weighted by Crippen LogP contribution is 2.42. The third-order valence-corrected chi connectivity index (χ3v) is 5.08. The van der Waals surface area contributed by atoms with Gasteiger partial charge in [-0.05, 0) is 41.3 Å². The number of carbonyl (C=O) groups is 1. The minimum atomic E-state index is -0.391. The molecule has 0 aliphatic rings. The molecule has 0 atom stereocenters. The van der Waals surface area contributed by atoms with Gasteiger partial charge in [0.2, 0.25) is 11.8 Å². The van der Waals surface area contributed by atoms with E-state index in [1.165, 1.54) is 16.7 Å². The first kappa shape index (κ1) is 19.3. The summed E-state index contributed by atoms with van der Waals surface area (Å²) in [6, 6.07) is 10.1. The van der Waals surface area contributed by atoms with E-state index in [-0.39, 0.29) is 34.8 Å². The van der Waals surface area contributed by atoms with Crippen molar-refractivity contribution in [3.05, 3.63) is 65.2 Å². The fourth-order valence-electron chi connectivity index (χ4n) is 3.68. The molecule has 7 heteroatoms. The van der Waals surface area contributed by atoms with Gasteiger partial charge < -0.3 is 14.8 Å². The van der Waals surface area contributed by atoms with Gasteiger partial charge in [-0.2, -0.15) is 0 Å². The molecule has 4 aromatic rings. The lowest BCUT2D eigenvalue weighted by molar-refractivity contribution is -0.119. The highest BCUT2D eigenvalue weighted by Gasteiger charge is 2.21. The monoisotopic (exact) mass is 403 g/mol. The smallest absolute Gasteiger partial charge is 0.235 e. The first-order valence-corrected chi connectivity index (χ1v) is 9.18. The highest BCUT2D eigenvalue weighted by molar-refractivity contribution is 6.10. The van der Waals surface area contributed by atoms with Gasteiger partial charge in [0.25, 0.3) is 0 Å². The number of nitrogens with zero attached hydrogens (tertiary/aromatic N) is 2. The number of phenolic OH excluding ortho intramolecular Hbond substituents is 1. The topological polar surface area (TPSA) is 87.4 Å². The summed E-state index contributed by atoms with van der Waals surface area (Å²) < 4.78 is 14.6. The van der Waals surface area contributed by atoms with Gasteiger partial charge in [-0.15, -0.1) is 0 Å². The Morgan fingerprint density at radius 3 is 2.67 bits per heavy atom. The zero-order chi connectivity index (χ0) is 21.4. The number of benzene rings is 2. The minimum absolute atomic E-state index is 0.0530. The Kier molecular flexibility index (Phi) is 4.76. The maximum atomic E-state index is 13.2. The van der Waals surface area contributed by atoms with Gasteiger partial charge >= 0.3 is 0 Å². The normalized spacial score (nSPS) is 11.0. The zero-order valence-corrected chi connectivity index (χ0v) is 16.1. The fraction of sp³-hybridized carbons (Fsp3) is 0.130. The first-order valence-electron chi connectivity index (χ1n) is 9.18. The Morgan fingerprint density at radius 2 is 1.97 bits per heavy atom. The van der Waals surface area contributed by atoms with Gasteiger partial charge in [0.05, 0.1) is 11.8 Å². The van der Waals surface area contributed by atoms with Crippen LogP contribution in [0, 0.1) is 18.3 Å². The summed E-state index contributed by atoms with van der Waals surface area (Å²) in [6.07, 6.45) is 8.88. The molecule has 4 rings (SSSR count). The molecule has 0 fully saturated rings. The lowest BCUT2D eigenvalue weighted by Crippen LogP contribution is -2.19. The number of fused-ring (bicyclic) bond motifs is 2. The van der Waals surface area contributed by atoms with Crippen molar-refractivity contribution < 1.29 is 19.4 Å². The molecule has 0 radical (unpaired) electrons. The summed E-state index contributed by atoms with van der Waals surface area (Å²) in [5, 5.41) is 24.8. The van der Waals surface area contributed by atoms with Gasteiger partial charge in [-0.25, -0.2) is 4.39 Å². The SMILES string of the molecule is C#CNC(=O)Cc1c2cc(Cc3ccc(F)cc3)cnc2c(O)c2c(O)n(C)cc12. The van der Waals surface area contributed by atoms with E-state index in [1.807, 2.05) is 6.07 Å². The summed E-state index contributed by atoms with van der Waals surface area (Å²) >= 11 is 0. The molecule has 2 heterocycles. The van der Waals surface area contributed by atoms with Crippen LogP contribution in [0.3, 0.4) is 0 Å². The number of aromatic nitrogens is 2. The van der Waals surface area contributed by atoms with Crippen LogP contribution in [0.2, 0.25) is 0 Å². The summed E-state index contributed by atoms with van der Waals surface area (Å²) in [7, 11) is 1.64. The van der Waals surface area contributed by atoms with Crippen LogP contribution < -0.4 is 5.32 Å². The first-order chi connectivity index (χ1) is 14.4. The molecule has 1 amide bonds. The molecule has 0 aliphatic carbocycles. The predicted molar refractivity (Wildman–Crippen MR) is 111 cm³/mol. The van der Waals surface area contributed by atoms with Crippen LogP contribution >= 0.6 is 0 Å². The molecular formula is C23H18FN3O3.